The van der Waals surface area contributed by atoms with Gasteiger partial charge in [0.2, 0.25) is 10.0 Å². The van der Waals surface area contributed by atoms with Crippen LogP contribution in [0, 0.1) is 11.2 Å². The van der Waals surface area contributed by atoms with E-state index in [0.717, 1.165) is 6.26 Å². The van der Waals surface area contributed by atoms with E-state index < -0.39 is 27.2 Å². The van der Waals surface area contributed by atoms with Crippen molar-refractivity contribution < 1.29 is 22.3 Å². The lowest BCUT2D eigenvalue weighted by molar-refractivity contribution is -0.152. The second-order valence-corrected chi connectivity index (χ2v) is 9.18. The molecule has 1 aliphatic rings. The number of methoxy groups -OCH3 is 1. The Kier molecular flexibility index (Phi) is 5.95. The lowest BCUT2D eigenvalue weighted by atomic mass is 9.79. The van der Waals surface area contributed by atoms with Crippen molar-refractivity contribution in [1.82, 2.24) is 4.72 Å². The molecule has 1 aromatic rings. The number of sulfonamides is 1. The number of hydrogen-bond donors (Lipinski definition) is 1. The van der Waals surface area contributed by atoms with Crippen LogP contribution in [0.5, 0.6) is 0 Å². The number of rotatable bonds is 5. The zero-order valence-corrected chi connectivity index (χ0v) is 16.4. The van der Waals surface area contributed by atoms with Crippen molar-refractivity contribution in [2.75, 3.05) is 13.4 Å². The fourth-order valence-electron chi connectivity index (χ4n) is 3.23. The minimum atomic E-state index is -3.37. The minimum absolute atomic E-state index is 0.221. The van der Waals surface area contributed by atoms with Crippen LogP contribution in [0.15, 0.2) is 16.6 Å². The Balaban J connectivity index is 2.31. The molecule has 2 rings (SSSR count). The molecule has 0 spiro atoms. The number of carbonyl (C=O) groups is 1. The van der Waals surface area contributed by atoms with Gasteiger partial charge in [0.1, 0.15) is 5.82 Å². The van der Waals surface area contributed by atoms with Gasteiger partial charge in [0.05, 0.1) is 23.3 Å². The molecule has 5 nitrogen and oxygen atoms in total. The maximum Gasteiger partial charge on any atom is 0.312 e. The molecular formula is C15H18BrClFNO4S. The second kappa shape index (κ2) is 7.27. The molecule has 0 radical (unpaired) electrons. The van der Waals surface area contributed by atoms with Gasteiger partial charge in [-0.2, -0.15) is 0 Å². The largest absolute Gasteiger partial charge is 0.469 e. The van der Waals surface area contributed by atoms with E-state index in [1.807, 2.05) is 0 Å². The highest BCUT2D eigenvalue weighted by atomic mass is 79.9. The van der Waals surface area contributed by atoms with Crippen LogP contribution in [0.1, 0.15) is 24.8 Å². The normalized spacial score (nSPS) is 24.1. The summed E-state index contributed by atoms with van der Waals surface area (Å²) in [5.41, 5.74) is -0.284. The Labute approximate surface area is 154 Å². The predicted molar refractivity (Wildman–Crippen MR) is 92.9 cm³/mol. The van der Waals surface area contributed by atoms with E-state index in [0.29, 0.717) is 24.8 Å². The molecule has 0 heterocycles. The molecule has 1 aromatic carbocycles. The van der Waals surface area contributed by atoms with E-state index >= 15 is 0 Å². The zero-order valence-electron chi connectivity index (χ0n) is 13.2. The van der Waals surface area contributed by atoms with Crippen LogP contribution in [0.4, 0.5) is 4.39 Å². The Morgan fingerprint density at radius 1 is 1.54 bits per heavy atom. The van der Waals surface area contributed by atoms with Gasteiger partial charge in [0.25, 0.3) is 0 Å². The van der Waals surface area contributed by atoms with Crippen molar-refractivity contribution >= 4 is 43.5 Å². The summed E-state index contributed by atoms with van der Waals surface area (Å²) in [5.74, 6) is -0.907. The van der Waals surface area contributed by atoms with Gasteiger partial charge in [0.15, 0.2) is 0 Å². The van der Waals surface area contributed by atoms with Gasteiger partial charge >= 0.3 is 5.97 Å². The molecule has 1 N–H and O–H groups in total. The topological polar surface area (TPSA) is 72.5 Å². The first kappa shape index (κ1) is 19.6. The SMILES string of the molecule is COC(=O)[C@@]1(Cc2cc(Br)c(F)cc2Cl)CC[C@H](NS(C)(=O)=O)C1. The first-order chi connectivity index (χ1) is 11.1. The van der Waals surface area contributed by atoms with Crippen LogP contribution in [-0.4, -0.2) is 33.8 Å². The van der Waals surface area contributed by atoms with Gasteiger partial charge in [-0.05, 0) is 59.3 Å². The van der Waals surface area contributed by atoms with Crippen LogP contribution in [0.2, 0.25) is 5.02 Å². The van der Waals surface area contributed by atoms with Crippen molar-refractivity contribution in [2.45, 2.75) is 31.7 Å². The van der Waals surface area contributed by atoms with Crippen LogP contribution in [0.25, 0.3) is 0 Å². The molecule has 0 unspecified atom stereocenters. The predicted octanol–water partition coefficient (Wildman–Crippen LogP) is 3.05. The molecule has 1 fully saturated rings. The van der Waals surface area contributed by atoms with Gasteiger partial charge in [-0.25, -0.2) is 17.5 Å². The molecule has 9 heteroatoms. The molecule has 1 saturated carbocycles. The van der Waals surface area contributed by atoms with Gasteiger partial charge in [-0.3, -0.25) is 4.79 Å². The minimum Gasteiger partial charge on any atom is -0.469 e. The quantitative estimate of drug-likeness (QED) is 0.562. The molecule has 0 aliphatic heterocycles. The molecule has 2 atom stereocenters. The number of esters is 1. The average molecular weight is 443 g/mol. The Bertz CT molecular complexity index is 758. The summed E-state index contributed by atoms with van der Waals surface area (Å²) in [7, 11) is -2.07. The van der Waals surface area contributed by atoms with Crippen molar-refractivity contribution in [3.63, 3.8) is 0 Å². The number of hydrogen-bond acceptors (Lipinski definition) is 4. The summed E-state index contributed by atoms with van der Waals surface area (Å²) in [5, 5.41) is 0.221. The highest BCUT2D eigenvalue weighted by Crippen LogP contribution is 2.44. The van der Waals surface area contributed by atoms with Crippen LogP contribution in [0.3, 0.4) is 0 Å². The fourth-order valence-corrected chi connectivity index (χ4v) is 4.64. The molecule has 1 aliphatic carbocycles. The third-order valence-electron chi connectivity index (χ3n) is 4.23. The molecule has 24 heavy (non-hydrogen) atoms. The highest BCUT2D eigenvalue weighted by molar-refractivity contribution is 9.10. The monoisotopic (exact) mass is 441 g/mol. The van der Waals surface area contributed by atoms with Crippen molar-refractivity contribution in [3.8, 4) is 0 Å². The molecule has 134 valence electrons. The molecule has 0 aromatic heterocycles. The lowest BCUT2D eigenvalue weighted by Gasteiger charge is -2.27. The third kappa shape index (κ3) is 4.47. The number of carbonyl (C=O) groups excluding carboxylic acids is 1. The maximum absolute atomic E-state index is 13.5. The van der Waals surface area contributed by atoms with Crippen molar-refractivity contribution in [1.29, 1.82) is 0 Å². The second-order valence-electron chi connectivity index (χ2n) is 6.14. The molecule has 0 saturated heterocycles. The Morgan fingerprint density at radius 3 is 2.79 bits per heavy atom. The summed E-state index contributed by atoms with van der Waals surface area (Å²) in [6.45, 7) is 0. The van der Waals surface area contributed by atoms with Gasteiger partial charge < -0.3 is 4.74 Å². The first-order valence-corrected chi connectivity index (χ1v) is 10.3. The van der Waals surface area contributed by atoms with E-state index in [-0.39, 0.29) is 22.0 Å². The fraction of sp³-hybridized carbons (Fsp3) is 0.533. The van der Waals surface area contributed by atoms with Crippen molar-refractivity contribution in [3.05, 3.63) is 33.0 Å². The third-order valence-corrected chi connectivity index (χ3v) is 5.95. The van der Waals surface area contributed by atoms with E-state index in [9.17, 15) is 17.6 Å². The standard InChI is InChI=1S/C15H18BrClFNO4S/c1-23-14(20)15(4-3-10(8-15)19-24(2,21)22)7-9-5-11(16)13(18)6-12(9)17/h5-6,10,19H,3-4,7-8H2,1-2H3/t10-,15+/m0/s1. The summed E-state index contributed by atoms with van der Waals surface area (Å²) in [6, 6.07) is 2.38. The summed E-state index contributed by atoms with van der Waals surface area (Å²) in [6.07, 6.45) is 2.61. The number of benzene rings is 1. The van der Waals surface area contributed by atoms with E-state index in [2.05, 4.69) is 20.7 Å². The van der Waals surface area contributed by atoms with E-state index in [1.165, 1.54) is 13.2 Å². The number of nitrogens with one attached hydrogen (secondary N) is 1. The highest BCUT2D eigenvalue weighted by Gasteiger charge is 2.47. The van der Waals surface area contributed by atoms with Crippen LogP contribution in [-0.2, 0) is 26.0 Å². The summed E-state index contributed by atoms with van der Waals surface area (Å²) < 4.78 is 44.1. The van der Waals surface area contributed by atoms with E-state index in [1.54, 1.807) is 6.07 Å². The van der Waals surface area contributed by atoms with Crippen molar-refractivity contribution in [2.24, 2.45) is 5.41 Å². The Hall–Kier alpha value is -0.700. The van der Waals surface area contributed by atoms with Gasteiger partial charge in [-0.1, -0.05) is 11.6 Å². The molecule has 0 bridgehead atoms. The summed E-state index contributed by atoms with van der Waals surface area (Å²) in [4.78, 5) is 12.4. The Morgan fingerprint density at radius 2 is 2.21 bits per heavy atom. The van der Waals surface area contributed by atoms with Gasteiger partial charge in [-0.15, -0.1) is 0 Å². The average Bonchev–Trinajstić information content (AvgIpc) is 2.86. The number of ether oxygens (including phenoxy) is 1. The lowest BCUT2D eigenvalue weighted by Crippen LogP contribution is -2.37. The summed E-state index contributed by atoms with van der Waals surface area (Å²) >= 11 is 9.22. The maximum atomic E-state index is 13.5. The van der Waals surface area contributed by atoms with Gasteiger partial charge in [0, 0.05) is 11.1 Å². The van der Waals surface area contributed by atoms with Crippen LogP contribution < -0.4 is 4.72 Å². The smallest absolute Gasteiger partial charge is 0.312 e. The first-order valence-electron chi connectivity index (χ1n) is 7.25. The molecular weight excluding hydrogens is 425 g/mol. The number of halogens is 3. The van der Waals surface area contributed by atoms with Crippen LogP contribution >= 0.6 is 27.5 Å². The zero-order chi connectivity index (χ0) is 18.1. The van der Waals surface area contributed by atoms with E-state index in [4.69, 9.17) is 16.3 Å². The molecule has 0 amide bonds.